The van der Waals surface area contributed by atoms with Crippen LogP contribution in [0, 0.1) is 13.8 Å². The van der Waals surface area contributed by atoms with Gasteiger partial charge in [-0.3, -0.25) is 4.99 Å². The summed E-state index contributed by atoms with van der Waals surface area (Å²) in [6, 6.07) is 6.24. The maximum absolute atomic E-state index is 5.82. The molecule has 0 saturated heterocycles. The van der Waals surface area contributed by atoms with Crippen LogP contribution in [-0.2, 0) is 13.0 Å². The monoisotopic (exact) mass is 358 g/mol. The first kappa shape index (κ1) is 19.8. The van der Waals surface area contributed by atoms with Gasteiger partial charge in [0.2, 0.25) is 0 Å². The van der Waals surface area contributed by atoms with E-state index in [1.54, 1.807) is 6.33 Å². The number of aryl methyl sites for hydroxylation is 3. The number of hydrogen-bond donors (Lipinski definition) is 2. The van der Waals surface area contributed by atoms with Gasteiger partial charge in [-0.1, -0.05) is 13.0 Å². The van der Waals surface area contributed by atoms with Crippen molar-refractivity contribution in [2.24, 2.45) is 4.99 Å². The lowest BCUT2D eigenvalue weighted by molar-refractivity contribution is 0.321. The van der Waals surface area contributed by atoms with Crippen molar-refractivity contribution in [3.05, 3.63) is 41.5 Å². The average molecular weight is 358 g/mol. The van der Waals surface area contributed by atoms with E-state index in [1.807, 2.05) is 4.57 Å². The van der Waals surface area contributed by atoms with Crippen molar-refractivity contribution in [1.82, 2.24) is 25.4 Å². The van der Waals surface area contributed by atoms with Gasteiger partial charge in [0.15, 0.2) is 5.96 Å². The summed E-state index contributed by atoms with van der Waals surface area (Å²) in [6.45, 7) is 11.8. The first-order valence-electron chi connectivity index (χ1n) is 9.22. The fraction of sp³-hybridized carbons (Fsp3) is 0.526. The lowest BCUT2D eigenvalue weighted by Crippen LogP contribution is -2.39. The van der Waals surface area contributed by atoms with Gasteiger partial charge in [0.05, 0.1) is 13.1 Å². The summed E-state index contributed by atoms with van der Waals surface area (Å²) < 4.78 is 7.86. The summed E-state index contributed by atoms with van der Waals surface area (Å²) in [7, 11) is 0. The van der Waals surface area contributed by atoms with E-state index >= 15 is 0 Å². The fourth-order valence-corrected chi connectivity index (χ4v) is 2.71. The molecular weight excluding hydrogens is 328 g/mol. The van der Waals surface area contributed by atoms with Gasteiger partial charge in [-0.25, -0.2) is 0 Å². The number of nitrogens with zero attached hydrogens (tertiary/aromatic N) is 4. The highest BCUT2D eigenvalue weighted by molar-refractivity contribution is 5.79. The fourth-order valence-electron chi connectivity index (χ4n) is 2.71. The quantitative estimate of drug-likeness (QED) is 0.408. The Morgan fingerprint density at radius 3 is 2.62 bits per heavy atom. The maximum atomic E-state index is 5.82. The van der Waals surface area contributed by atoms with Crippen LogP contribution in [0.1, 0.15) is 30.8 Å². The van der Waals surface area contributed by atoms with E-state index in [2.05, 4.69) is 71.7 Å². The third-order valence-corrected chi connectivity index (χ3v) is 3.83. The summed E-state index contributed by atoms with van der Waals surface area (Å²) in [4.78, 5) is 4.60. The molecule has 0 fully saturated rings. The number of nitrogens with one attached hydrogen (secondary N) is 2. The molecule has 7 heteroatoms. The molecule has 0 radical (unpaired) electrons. The van der Waals surface area contributed by atoms with E-state index in [4.69, 9.17) is 4.74 Å². The van der Waals surface area contributed by atoms with Crippen LogP contribution in [0.4, 0.5) is 0 Å². The molecular formula is C19H30N6O. The molecule has 2 rings (SSSR count). The lowest BCUT2D eigenvalue weighted by Gasteiger charge is -2.13. The number of ether oxygens (including phenoxy) is 1. The van der Waals surface area contributed by atoms with Crippen LogP contribution in [0.5, 0.6) is 5.75 Å². The molecule has 7 nitrogen and oxygen atoms in total. The predicted octanol–water partition coefficient (Wildman–Crippen LogP) is 2.09. The molecule has 2 aromatic rings. The Kier molecular flexibility index (Phi) is 7.92. The lowest BCUT2D eigenvalue weighted by atomic mass is 10.1. The highest BCUT2D eigenvalue weighted by Gasteiger charge is 2.02. The van der Waals surface area contributed by atoms with Crippen molar-refractivity contribution in [1.29, 1.82) is 0 Å². The molecule has 0 amide bonds. The van der Waals surface area contributed by atoms with E-state index in [9.17, 15) is 0 Å². The van der Waals surface area contributed by atoms with E-state index in [0.29, 0.717) is 19.7 Å². The van der Waals surface area contributed by atoms with Crippen molar-refractivity contribution in [2.45, 2.75) is 40.7 Å². The second-order valence-electron chi connectivity index (χ2n) is 6.15. The van der Waals surface area contributed by atoms with Crippen molar-refractivity contribution in [3.8, 4) is 5.75 Å². The first-order chi connectivity index (χ1) is 12.6. The highest BCUT2D eigenvalue weighted by Crippen LogP contribution is 2.15. The Labute approximate surface area is 155 Å². The number of benzene rings is 1. The minimum atomic E-state index is 0.582. The van der Waals surface area contributed by atoms with Gasteiger partial charge in [-0.05, 0) is 44.0 Å². The van der Waals surface area contributed by atoms with Crippen molar-refractivity contribution in [3.63, 3.8) is 0 Å². The van der Waals surface area contributed by atoms with Crippen molar-refractivity contribution in [2.75, 3.05) is 26.2 Å². The van der Waals surface area contributed by atoms with E-state index in [-0.39, 0.29) is 0 Å². The average Bonchev–Trinajstić information content (AvgIpc) is 3.05. The van der Waals surface area contributed by atoms with Crippen LogP contribution in [0.3, 0.4) is 0 Å². The molecule has 142 valence electrons. The zero-order valence-electron chi connectivity index (χ0n) is 16.2. The summed E-state index contributed by atoms with van der Waals surface area (Å²) in [6.07, 6.45) is 2.63. The minimum Gasteiger partial charge on any atom is -0.492 e. The Balaban J connectivity index is 1.77. The first-order valence-corrected chi connectivity index (χ1v) is 9.22. The Morgan fingerprint density at radius 1 is 1.15 bits per heavy atom. The molecule has 0 unspecified atom stereocenters. The van der Waals surface area contributed by atoms with Crippen molar-refractivity contribution >= 4 is 5.96 Å². The Morgan fingerprint density at radius 2 is 1.92 bits per heavy atom. The van der Waals surface area contributed by atoms with E-state index in [1.165, 1.54) is 11.1 Å². The minimum absolute atomic E-state index is 0.582. The summed E-state index contributed by atoms with van der Waals surface area (Å²) >= 11 is 0. The maximum Gasteiger partial charge on any atom is 0.191 e. The number of aliphatic imine (C=N–C) groups is 1. The standard InChI is InChI=1S/C19H30N6O/c1-5-18-24-23-14-25(18)9-7-21-19(20-6-2)22-8-10-26-17-12-15(3)11-16(4)13-17/h11-14H,5-10H2,1-4H3,(H2,20,21,22). The van der Waals surface area contributed by atoms with Gasteiger partial charge in [-0.15, -0.1) is 10.2 Å². The van der Waals surface area contributed by atoms with Gasteiger partial charge in [0, 0.05) is 19.5 Å². The van der Waals surface area contributed by atoms with Crippen LogP contribution in [0.15, 0.2) is 29.5 Å². The molecule has 26 heavy (non-hydrogen) atoms. The highest BCUT2D eigenvalue weighted by atomic mass is 16.5. The molecule has 1 aromatic carbocycles. The van der Waals surface area contributed by atoms with Gasteiger partial charge < -0.3 is 19.9 Å². The molecule has 0 saturated carbocycles. The smallest absolute Gasteiger partial charge is 0.191 e. The molecule has 1 heterocycles. The van der Waals surface area contributed by atoms with Gasteiger partial charge >= 0.3 is 0 Å². The van der Waals surface area contributed by atoms with Gasteiger partial charge in [0.1, 0.15) is 24.5 Å². The molecule has 0 spiro atoms. The molecule has 0 atom stereocenters. The third-order valence-electron chi connectivity index (χ3n) is 3.83. The summed E-state index contributed by atoms with van der Waals surface area (Å²) in [5.41, 5.74) is 2.42. The second-order valence-corrected chi connectivity index (χ2v) is 6.15. The molecule has 0 aliphatic carbocycles. The number of hydrogen-bond acceptors (Lipinski definition) is 4. The van der Waals surface area contributed by atoms with Gasteiger partial charge in [0.25, 0.3) is 0 Å². The van der Waals surface area contributed by atoms with E-state index < -0.39 is 0 Å². The van der Waals surface area contributed by atoms with Crippen LogP contribution in [0.2, 0.25) is 0 Å². The van der Waals surface area contributed by atoms with Crippen molar-refractivity contribution < 1.29 is 4.74 Å². The number of guanidine groups is 1. The van der Waals surface area contributed by atoms with Gasteiger partial charge in [-0.2, -0.15) is 0 Å². The van der Waals surface area contributed by atoms with Crippen LogP contribution in [0.25, 0.3) is 0 Å². The zero-order valence-corrected chi connectivity index (χ0v) is 16.2. The van der Waals surface area contributed by atoms with Crippen LogP contribution < -0.4 is 15.4 Å². The largest absolute Gasteiger partial charge is 0.492 e. The van der Waals surface area contributed by atoms with Crippen LogP contribution in [-0.4, -0.2) is 47.0 Å². The second kappa shape index (κ2) is 10.4. The molecule has 1 aromatic heterocycles. The molecule has 0 aliphatic rings. The molecule has 0 aliphatic heterocycles. The molecule has 0 bridgehead atoms. The Hall–Kier alpha value is -2.57. The number of aromatic nitrogens is 3. The normalized spacial score (nSPS) is 11.5. The summed E-state index contributed by atoms with van der Waals surface area (Å²) in [5.74, 6) is 2.69. The van der Waals surface area contributed by atoms with Crippen LogP contribution >= 0.6 is 0 Å². The molecule has 2 N–H and O–H groups in total. The predicted molar refractivity (Wildman–Crippen MR) is 105 cm³/mol. The number of rotatable bonds is 9. The SMILES string of the molecule is CCNC(=NCCn1cnnc1CC)NCCOc1cc(C)cc(C)c1. The topological polar surface area (TPSA) is 76.4 Å². The Bertz CT molecular complexity index is 690. The third kappa shape index (κ3) is 6.38. The zero-order chi connectivity index (χ0) is 18.8. The van der Waals surface area contributed by atoms with E-state index in [0.717, 1.165) is 37.0 Å². The summed E-state index contributed by atoms with van der Waals surface area (Å²) in [5, 5.41) is 14.6.